The number of aromatic carboxylic acids is 1. The van der Waals surface area contributed by atoms with E-state index in [0.717, 1.165) is 29.5 Å². The lowest BCUT2D eigenvalue weighted by Crippen LogP contribution is -2.43. The summed E-state index contributed by atoms with van der Waals surface area (Å²) in [5.74, 6) is -0.441. The van der Waals surface area contributed by atoms with Gasteiger partial charge in [0.25, 0.3) is 0 Å². The Morgan fingerprint density at radius 1 is 1.12 bits per heavy atom. The number of rotatable bonds is 5. The summed E-state index contributed by atoms with van der Waals surface area (Å²) < 4.78 is 9.04. The molecule has 0 bridgehead atoms. The molecule has 32 heavy (non-hydrogen) atoms. The summed E-state index contributed by atoms with van der Waals surface area (Å²) in [6.07, 6.45) is 10.6. The minimum atomic E-state index is -1.01. The van der Waals surface area contributed by atoms with E-state index in [9.17, 15) is 9.90 Å². The van der Waals surface area contributed by atoms with E-state index in [4.69, 9.17) is 4.74 Å². The van der Waals surface area contributed by atoms with Crippen LogP contribution in [0.5, 0.6) is 0 Å². The number of hydrogen-bond acceptors (Lipinski definition) is 5. The SMILES string of the molecule is Cn1cc(-c2cccc(-c3ncc(-c4c[n+](C5CCOCC5)[nH]c4C(=O)O)cn3)c2)cn1. The maximum Gasteiger partial charge on any atom is 0.358 e. The Balaban J connectivity index is 1.45. The minimum Gasteiger partial charge on any atom is -0.476 e. The monoisotopic (exact) mass is 431 g/mol. The van der Waals surface area contributed by atoms with Crippen molar-refractivity contribution in [1.82, 2.24) is 24.8 Å². The second kappa shape index (κ2) is 8.35. The average molecular weight is 431 g/mol. The van der Waals surface area contributed by atoms with Crippen molar-refractivity contribution in [3.05, 3.63) is 60.9 Å². The average Bonchev–Trinajstić information content (AvgIpc) is 3.47. The molecule has 1 aliphatic rings. The number of hydrogen-bond donors (Lipinski definition) is 2. The topological polar surface area (TPSA) is 110 Å². The van der Waals surface area contributed by atoms with Gasteiger partial charge in [-0.2, -0.15) is 10.2 Å². The van der Waals surface area contributed by atoms with Crippen molar-refractivity contribution in [2.75, 3.05) is 13.2 Å². The predicted molar refractivity (Wildman–Crippen MR) is 116 cm³/mol. The van der Waals surface area contributed by atoms with Gasteiger partial charge in [-0.3, -0.25) is 4.68 Å². The Bertz CT molecular complexity index is 1250. The lowest BCUT2D eigenvalue weighted by atomic mass is 10.1. The van der Waals surface area contributed by atoms with E-state index in [-0.39, 0.29) is 11.7 Å². The van der Waals surface area contributed by atoms with Crippen molar-refractivity contribution in [2.45, 2.75) is 18.9 Å². The second-order valence-electron chi connectivity index (χ2n) is 7.86. The molecule has 0 unspecified atom stereocenters. The molecule has 9 nitrogen and oxygen atoms in total. The smallest absolute Gasteiger partial charge is 0.358 e. The molecule has 5 rings (SSSR count). The van der Waals surface area contributed by atoms with Gasteiger partial charge in [-0.1, -0.05) is 18.2 Å². The van der Waals surface area contributed by atoms with Crippen LogP contribution in [0.3, 0.4) is 0 Å². The van der Waals surface area contributed by atoms with Gasteiger partial charge in [0.1, 0.15) is 0 Å². The first-order chi connectivity index (χ1) is 15.6. The van der Waals surface area contributed by atoms with Crippen molar-refractivity contribution < 1.29 is 19.3 Å². The Morgan fingerprint density at radius 3 is 2.56 bits per heavy atom. The first-order valence-corrected chi connectivity index (χ1v) is 10.5. The van der Waals surface area contributed by atoms with Gasteiger partial charge in [0.2, 0.25) is 6.20 Å². The highest BCUT2D eigenvalue weighted by atomic mass is 16.5. The number of H-pyrrole nitrogens is 1. The molecule has 0 aliphatic carbocycles. The maximum absolute atomic E-state index is 11.8. The fraction of sp³-hybridized carbons (Fsp3) is 0.261. The highest BCUT2D eigenvalue weighted by Gasteiger charge is 2.29. The van der Waals surface area contributed by atoms with Gasteiger partial charge in [-0.05, 0) is 11.6 Å². The molecular weight excluding hydrogens is 408 g/mol. The third-order valence-electron chi connectivity index (χ3n) is 5.70. The number of aryl methyl sites for hydroxylation is 1. The molecule has 4 heterocycles. The Labute approximate surface area is 184 Å². The number of benzene rings is 1. The fourth-order valence-electron chi connectivity index (χ4n) is 3.99. The van der Waals surface area contributed by atoms with Crippen molar-refractivity contribution in [2.24, 2.45) is 7.05 Å². The van der Waals surface area contributed by atoms with E-state index in [1.54, 1.807) is 17.1 Å². The normalized spacial score (nSPS) is 14.5. The molecule has 1 aromatic carbocycles. The molecule has 3 aromatic heterocycles. The zero-order valence-corrected chi connectivity index (χ0v) is 17.6. The summed E-state index contributed by atoms with van der Waals surface area (Å²) in [4.78, 5) is 20.9. The van der Waals surface area contributed by atoms with Crippen molar-refractivity contribution in [1.29, 1.82) is 0 Å². The van der Waals surface area contributed by atoms with Crippen LogP contribution in [0.15, 0.2) is 55.2 Å². The molecule has 1 fully saturated rings. The van der Waals surface area contributed by atoms with E-state index in [1.165, 1.54) is 0 Å². The van der Waals surface area contributed by atoms with Gasteiger partial charge in [0, 0.05) is 55.2 Å². The largest absolute Gasteiger partial charge is 0.476 e. The van der Waals surface area contributed by atoms with Crippen LogP contribution >= 0.6 is 0 Å². The molecule has 2 N–H and O–H groups in total. The quantitative estimate of drug-likeness (QED) is 0.470. The number of ether oxygens (including phenoxy) is 1. The number of nitrogens with zero attached hydrogens (tertiary/aromatic N) is 5. The number of carboxylic acid groups (broad SMARTS) is 1. The highest BCUT2D eigenvalue weighted by molar-refractivity contribution is 5.93. The molecular formula is C23H23N6O3+. The van der Waals surface area contributed by atoms with E-state index in [2.05, 4.69) is 20.2 Å². The molecule has 0 amide bonds. The zero-order valence-electron chi connectivity index (χ0n) is 17.6. The second-order valence-corrected chi connectivity index (χ2v) is 7.86. The lowest BCUT2D eigenvalue weighted by Gasteiger charge is -2.15. The van der Waals surface area contributed by atoms with Crippen LogP contribution in [-0.2, 0) is 11.8 Å². The minimum absolute atomic E-state index is 0.131. The number of nitrogens with one attached hydrogen (secondary N) is 1. The highest BCUT2D eigenvalue weighted by Crippen LogP contribution is 2.26. The molecule has 0 radical (unpaired) electrons. The summed E-state index contributed by atoms with van der Waals surface area (Å²) in [5.41, 5.74) is 4.27. The van der Waals surface area contributed by atoms with Crippen LogP contribution in [0.4, 0.5) is 0 Å². The van der Waals surface area contributed by atoms with Crippen LogP contribution in [-0.4, -0.2) is 49.1 Å². The molecule has 1 saturated heterocycles. The lowest BCUT2D eigenvalue weighted by molar-refractivity contribution is -0.776. The number of carboxylic acids is 1. The number of carbonyl (C=O) groups is 1. The van der Waals surface area contributed by atoms with Crippen molar-refractivity contribution in [3.8, 4) is 33.6 Å². The summed E-state index contributed by atoms with van der Waals surface area (Å²) in [6, 6.07) is 8.13. The Hall–Kier alpha value is -3.85. The van der Waals surface area contributed by atoms with Crippen LogP contribution in [0, 0.1) is 0 Å². The summed E-state index contributed by atoms with van der Waals surface area (Å²) in [7, 11) is 1.88. The Morgan fingerprint density at radius 2 is 1.88 bits per heavy atom. The molecule has 9 heteroatoms. The first kappa shape index (κ1) is 20.1. The van der Waals surface area contributed by atoms with E-state index >= 15 is 0 Å². The molecule has 4 aromatic rings. The van der Waals surface area contributed by atoms with Gasteiger partial charge < -0.3 is 9.84 Å². The van der Waals surface area contributed by atoms with Crippen LogP contribution < -0.4 is 4.68 Å². The summed E-state index contributed by atoms with van der Waals surface area (Å²) in [6.45, 7) is 1.34. The van der Waals surface area contributed by atoms with E-state index < -0.39 is 5.97 Å². The molecule has 0 saturated carbocycles. The fourth-order valence-corrected chi connectivity index (χ4v) is 3.99. The predicted octanol–water partition coefficient (Wildman–Crippen LogP) is 2.88. The standard InChI is InChI=1S/C23H22N6O3/c1-28-13-18(12-26-28)15-3-2-4-16(9-15)22-24-10-17(11-25-22)20-14-29(27-21(20)23(30)31)19-5-7-32-8-6-19/h2-4,9-14,19H,5-8H2,1H3,(H,30,31)/p+1. The van der Waals surface area contributed by atoms with Gasteiger partial charge in [0.15, 0.2) is 17.6 Å². The van der Waals surface area contributed by atoms with Crippen LogP contribution in [0.25, 0.3) is 33.6 Å². The van der Waals surface area contributed by atoms with Crippen LogP contribution in [0.1, 0.15) is 29.4 Å². The number of aromatic nitrogens is 6. The van der Waals surface area contributed by atoms with Crippen molar-refractivity contribution in [3.63, 3.8) is 0 Å². The van der Waals surface area contributed by atoms with Crippen molar-refractivity contribution >= 4 is 5.97 Å². The first-order valence-electron chi connectivity index (χ1n) is 10.5. The zero-order chi connectivity index (χ0) is 22.1. The molecule has 162 valence electrons. The molecule has 0 atom stereocenters. The maximum atomic E-state index is 11.8. The van der Waals surface area contributed by atoms with Gasteiger partial charge in [-0.25, -0.2) is 14.8 Å². The van der Waals surface area contributed by atoms with E-state index in [0.29, 0.717) is 30.2 Å². The van der Waals surface area contributed by atoms with Gasteiger partial charge in [0.05, 0.1) is 25.0 Å². The summed E-state index contributed by atoms with van der Waals surface area (Å²) >= 11 is 0. The molecule has 0 spiro atoms. The van der Waals surface area contributed by atoms with Gasteiger partial charge in [-0.15, -0.1) is 4.68 Å². The van der Waals surface area contributed by atoms with Gasteiger partial charge >= 0.3 is 5.97 Å². The molecule has 1 aliphatic heterocycles. The number of aromatic amines is 1. The third kappa shape index (κ3) is 3.90. The van der Waals surface area contributed by atoms with Crippen LogP contribution in [0.2, 0.25) is 0 Å². The summed E-state index contributed by atoms with van der Waals surface area (Å²) in [5, 5.41) is 16.9. The third-order valence-corrected chi connectivity index (χ3v) is 5.70. The Kier molecular flexibility index (Phi) is 5.24. The van der Waals surface area contributed by atoms with E-state index in [1.807, 2.05) is 54.6 Å².